The minimum atomic E-state index is -1.08. The lowest BCUT2D eigenvalue weighted by Gasteiger charge is -2.09. The molecule has 0 unspecified atom stereocenters. The number of anilines is 1. The van der Waals surface area contributed by atoms with E-state index in [1.807, 2.05) is 18.4 Å². The van der Waals surface area contributed by atoms with Gasteiger partial charge in [-0.25, -0.2) is 4.79 Å². The van der Waals surface area contributed by atoms with E-state index in [1.54, 1.807) is 12.1 Å². The van der Waals surface area contributed by atoms with Crippen LogP contribution in [0.2, 0.25) is 0 Å². The molecule has 19 heavy (non-hydrogen) atoms. The fraction of sp³-hybridized carbons (Fsp3) is 0.250. The zero-order valence-electron chi connectivity index (χ0n) is 10.3. The molecule has 0 bridgehead atoms. The van der Waals surface area contributed by atoms with Crippen LogP contribution in [0, 0.1) is 0 Å². The van der Waals surface area contributed by atoms with Gasteiger partial charge in [-0.15, -0.1) is 11.8 Å². The van der Waals surface area contributed by atoms with Crippen molar-refractivity contribution in [3.8, 4) is 0 Å². The molecular formula is C12H14N2O4S. The van der Waals surface area contributed by atoms with Crippen molar-refractivity contribution in [3.63, 3.8) is 0 Å². The summed E-state index contributed by atoms with van der Waals surface area (Å²) in [5.74, 6) is -1.70. The van der Waals surface area contributed by atoms with Gasteiger partial charge in [0.2, 0.25) is 5.91 Å². The summed E-state index contributed by atoms with van der Waals surface area (Å²) < 4.78 is 0. The molecule has 0 spiro atoms. The second-order valence-electron chi connectivity index (χ2n) is 3.60. The molecule has 0 atom stereocenters. The minimum absolute atomic E-state index is 0.229. The summed E-state index contributed by atoms with van der Waals surface area (Å²) in [6, 6.07) is 6.49. The number of carbonyl (C=O) groups is 3. The molecule has 0 aromatic heterocycles. The number of hydrogen-bond acceptors (Lipinski definition) is 4. The number of nitrogens with one attached hydrogen (secondary N) is 2. The molecule has 102 valence electrons. The van der Waals surface area contributed by atoms with Crippen LogP contribution in [-0.4, -0.2) is 29.3 Å². The van der Waals surface area contributed by atoms with Crippen LogP contribution in [0.25, 0.3) is 0 Å². The molecule has 3 amide bonds. The lowest BCUT2D eigenvalue weighted by molar-refractivity contribution is -0.138. The van der Waals surface area contributed by atoms with Gasteiger partial charge >= 0.3 is 12.0 Å². The maximum absolute atomic E-state index is 11.5. The monoisotopic (exact) mass is 282 g/mol. The van der Waals surface area contributed by atoms with E-state index in [4.69, 9.17) is 5.11 Å². The predicted molar refractivity (Wildman–Crippen MR) is 72.3 cm³/mol. The van der Waals surface area contributed by atoms with Gasteiger partial charge in [0, 0.05) is 11.3 Å². The topological polar surface area (TPSA) is 95.5 Å². The van der Waals surface area contributed by atoms with Crippen molar-refractivity contribution in [2.45, 2.75) is 17.7 Å². The summed E-state index contributed by atoms with van der Waals surface area (Å²) in [6.45, 7) is 0. The maximum Gasteiger partial charge on any atom is 0.325 e. The highest BCUT2D eigenvalue weighted by molar-refractivity contribution is 7.98. The zero-order valence-corrected chi connectivity index (χ0v) is 11.1. The summed E-state index contributed by atoms with van der Waals surface area (Å²) in [7, 11) is 0. The van der Waals surface area contributed by atoms with Crippen molar-refractivity contribution in [3.05, 3.63) is 24.3 Å². The fourth-order valence-electron chi connectivity index (χ4n) is 1.31. The number of aliphatic carboxylic acids is 1. The number of carboxylic acids is 1. The molecule has 0 heterocycles. The smallest absolute Gasteiger partial charge is 0.325 e. The van der Waals surface area contributed by atoms with Crippen molar-refractivity contribution < 1.29 is 19.5 Å². The van der Waals surface area contributed by atoms with Crippen LogP contribution in [0.4, 0.5) is 10.5 Å². The quantitative estimate of drug-likeness (QED) is 0.717. The number of para-hydroxylation sites is 1. The number of amides is 3. The Labute approximate surface area is 114 Å². The SMILES string of the molecule is CSc1ccccc1NC(=O)NC(=O)CCC(=O)O. The number of carboxylic acid groups (broad SMARTS) is 1. The van der Waals surface area contributed by atoms with Crippen LogP contribution < -0.4 is 10.6 Å². The molecule has 0 saturated heterocycles. The van der Waals surface area contributed by atoms with E-state index in [9.17, 15) is 14.4 Å². The lowest BCUT2D eigenvalue weighted by atomic mass is 10.3. The van der Waals surface area contributed by atoms with Gasteiger partial charge in [-0.1, -0.05) is 12.1 Å². The molecule has 0 aliphatic heterocycles. The van der Waals surface area contributed by atoms with Crippen LogP contribution >= 0.6 is 11.8 Å². The Morgan fingerprint density at radius 1 is 1.21 bits per heavy atom. The molecule has 1 aromatic carbocycles. The number of rotatable bonds is 5. The average Bonchev–Trinajstić information content (AvgIpc) is 2.37. The van der Waals surface area contributed by atoms with Gasteiger partial charge < -0.3 is 10.4 Å². The summed E-state index contributed by atoms with van der Waals surface area (Å²) in [5, 5.41) is 13.0. The number of hydrogen-bond donors (Lipinski definition) is 3. The second kappa shape index (κ2) is 7.42. The van der Waals surface area contributed by atoms with E-state index in [0.717, 1.165) is 4.90 Å². The third-order valence-corrected chi connectivity index (χ3v) is 2.97. The first-order valence-electron chi connectivity index (χ1n) is 5.48. The van der Waals surface area contributed by atoms with Gasteiger partial charge in [-0.3, -0.25) is 14.9 Å². The summed E-state index contributed by atoms with van der Waals surface area (Å²) in [4.78, 5) is 33.9. The molecule has 1 rings (SSSR count). The summed E-state index contributed by atoms with van der Waals surface area (Å²) in [5.41, 5.74) is 0.596. The number of thioether (sulfide) groups is 1. The highest BCUT2D eigenvalue weighted by atomic mass is 32.2. The Hall–Kier alpha value is -2.02. The van der Waals surface area contributed by atoms with E-state index in [1.165, 1.54) is 11.8 Å². The molecule has 7 heteroatoms. The first-order chi connectivity index (χ1) is 9.02. The molecule has 3 N–H and O–H groups in total. The van der Waals surface area contributed by atoms with E-state index in [-0.39, 0.29) is 12.8 Å². The Kier molecular flexibility index (Phi) is 5.87. The highest BCUT2D eigenvalue weighted by Crippen LogP contribution is 2.24. The highest BCUT2D eigenvalue weighted by Gasteiger charge is 2.11. The predicted octanol–water partition coefficient (Wildman–Crippen LogP) is 1.92. The Bertz CT molecular complexity index is 490. The van der Waals surface area contributed by atoms with Gasteiger partial charge in [-0.2, -0.15) is 0 Å². The van der Waals surface area contributed by atoms with E-state index < -0.39 is 17.9 Å². The average molecular weight is 282 g/mol. The van der Waals surface area contributed by atoms with E-state index in [2.05, 4.69) is 10.6 Å². The van der Waals surface area contributed by atoms with Crippen molar-refractivity contribution in [2.75, 3.05) is 11.6 Å². The van der Waals surface area contributed by atoms with Gasteiger partial charge in [0.1, 0.15) is 0 Å². The third-order valence-electron chi connectivity index (χ3n) is 2.17. The van der Waals surface area contributed by atoms with Crippen LogP contribution in [0.5, 0.6) is 0 Å². The Morgan fingerprint density at radius 3 is 2.53 bits per heavy atom. The molecule has 1 aromatic rings. The lowest BCUT2D eigenvalue weighted by Crippen LogP contribution is -2.34. The van der Waals surface area contributed by atoms with E-state index >= 15 is 0 Å². The molecule has 0 fully saturated rings. The van der Waals surface area contributed by atoms with Gasteiger partial charge in [-0.05, 0) is 18.4 Å². The van der Waals surface area contributed by atoms with Crippen LogP contribution in [0.15, 0.2) is 29.2 Å². The molecule has 0 aliphatic rings. The first kappa shape index (κ1) is 15.0. The van der Waals surface area contributed by atoms with Crippen LogP contribution in [-0.2, 0) is 9.59 Å². The summed E-state index contributed by atoms with van der Waals surface area (Å²) >= 11 is 1.47. The van der Waals surface area contributed by atoms with Gasteiger partial charge in [0.25, 0.3) is 0 Å². The Morgan fingerprint density at radius 2 is 1.89 bits per heavy atom. The molecular weight excluding hydrogens is 268 g/mol. The molecule has 0 aliphatic carbocycles. The fourth-order valence-corrected chi connectivity index (χ4v) is 1.86. The number of carbonyl (C=O) groups excluding carboxylic acids is 2. The van der Waals surface area contributed by atoms with Crippen molar-refractivity contribution >= 4 is 35.4 Å². The van der Waals surface area contributed by atoms with Gasteiger partial charge in [0.15, 0.2) is 0 Å². The van der Waals surface area contributed by atoms with Gasteiger partial charge in [0.05, 0.1) is 12.1 Å². The normalized spacial score (nSPS) is 9.74. The standard InChI is InChI=1S/C12H14N2O4S/c1-19-9-5-3-2-4-8(9)13-12(18)14-10(15)6-7-11(16)17/h2-5H,6-7H2,1H3,(H,16,17)(H2,13,14,15,18). The number of urea groups is 1. The third kappa shape index (κ3) is 5.43. The molecule has 0 radical (unpaired) electrons. The Balaban J connectivity index is 2.51. The minimum Gasteiger partial charge on any atom is -0.481 e. The maximum atomic E-state index is 11.5. The van der Waals surface area contributed by atoms with Crippen LogP contribution in [0.1, 0.15) is 12.8 Å². The molecule has 0 saturated carbocycles. The largest absolute Gasteiger partial charge is 0.481 e. The zero-order chi connectivity index (χ0) is 14.3. The number of benzene rings is 1. The van der Waals surface area contributed by atoms with E-state index in [0.29, 0.717) is 5.69 Å². The number of imide groups is 1. The first-order valence-corrected chi connectivity index (χ1v) is 6.71. The molecule has 6 nitrogen and oxygen atoms in total. The summed E-state index contributed by atoms with van der Waals surface area (Å²) in [6.07, 6.45) is 1.34. The van der Waals surface area contributed by atoms with Crippen LogP contribution in [0.3, 0.4) is 0 Å². The van der Waals surface area contributed by atoms with Crippen molar-refractivity contribution in [1.82, 2.24) is 5.32 Å². The van der Waals surface area contributed by atoms with Crippen molar-refractivity contribution in [2.24, 2.45) is 0 Å². The second-order valence-corrected chi connectivity index (χ2v) is 4.44. The van der Waals surface area contributed by atoms with Crippen molar-refractivity contribution in [1.29, 1.82) is 0 Å².